The summed E-state index contributed by atoms with van der Waals surface area (Å²) >= 11 is 11.7. The summed E-state index contributed by atoms with van der Waals surface area (Å²) in [6.45, 7) is 2.42. The topological polar surface area (TPSA) is 90.9 Å². The Morgan fingerprint density at radius 3 is 2.50 bits per heavy atom. The van der Waals surface area contributed by atoms with E-state index in [-0.39, 0.29) is 18.4 Å². The summed E-state index contributed by atoms with van der Waals surface area (Å²) in [6.07, 6.45) is 0.739. The number of rotatable bonds is 5. The quantitative estimate of drug-likeness (QED) is 0.337. The molecular formula is C12H16Cl2N4O2. The summed E-state index contributed by atoms with van der Waals surface area (Å²) in [7, 11) is 0. The highest BCUT2D eigenvalue weighted by molar-refractivity contribution is 6.35. The number of benzene rings is 1. The van der Waals surface area contributed by atoms with Gasteiger partial charge in [-0.2, -0.15) is 0 Å². The number of oxime groups is 1. The van der Waals surface area contributed by atoms with Crippen molar-refractivity contribution in [2.45, 2.75) is 13.3 Å². The molecule has 0 atom stereocenters. The van der Waals surface area contributed by atoms with Crippen LogP contribution in [0.5, 0.6) is 0 Å². The first-order chi connectivity index (χ1) is 9.46. The smallest absolute Gasteiger partial charge is 0.322 e. The van der Waals surface area contributed by atoms with Gasteiger partial charge in [0.2, 0.25) is 0 Å². The lowest BCUT2D eigenvalue weighted by molar-refractivity contribution is 0.218. The van der Waals surface area contributed by atoms with E-state index in [0.717, 1.165) is 6.42 Å². The first-order valence-electron chi connectivity index (χ1n) is 5.94. The van der Waals surface area contributed by atoms with Gasteiger partial charge >= 0.3 is 6.03 Å². The summed E-state index contributed by atoms with van der Waals surface area (Å²) < 4.78 is 0. The highest BCUT2D eigenvalue weighted by Crippen LogP contribution is 2.22. The van der Waals surface area contributed by atoms with Crippen LogP contribution in [-0.4, -0.2) is 35.1 Å². The maximum atomic E-state index is 12.1. The SMILES string of the molecule is CCCN(C/C(N)=N/O)C(=O)Nc1cc(Cl)cc(Cl)c1. The van der Waals surface area contributed by atoms with Crippen molar-refractivity contribution in [2.24, 2.45) is 10.9 Å². The van der Waals surface area contributed by atoms with Crippen molar-refractivity contribution in [3.05, 3.63) is 28.2 Å². The third-order valence-electron chi connectivity index (χ3n) is 2.38. The Labute approximate surface area is 127 Å². The second kappa shape index (κ2) is 7.81. The largest absolute Gasteiger partial charge is 0.409 e. The molecular weight excluding hydrogens is 303 g/mol. The molecule has 0 aromatic heterocycles. The van der Waals surface area contributed by atoms with Crippen molar-refractivity contribution in [3.63, 3.8) is 0 Å². The number of nitrogens with zero attached hydrogens (tertiary/aromatic N) is 2. The van der Waals surface area contributed by atoms with Gasteiger partial charge in [-0.25, -0.2) is 4.79 Å². The second-order valence-electron chi connectivity index (χ2n) is 4.10. The zero-order valence-corrected chi connectivity index (χ0v) is 12.4. The number of nitrogens with one attached hydrogen (secondary N) is 1. The number of amidine groups is 1. The Bertz CT molecular complexity index is 488. The monoisotopic (exact) mass is 318 g/mol. The van der Waals surface area contributed by atoms with E-state index in [2.05, 4.69) is 10.5 Å². The van der Waals surface area contributed by atoms with E-state index >= 15 is 0 Å². The molecule has 1 rings (SSSR count). The summed E-state index contributed by atoms with van der Waals surface area (Å²) in [4.78, 5) is 13.5. The molecule has 8 heteroatoms. The van der Waals surface area contributed by atoms with Crippen molar-refractivity contribution in [1.29, 1.82) is 0 Å². The minimum atomic E-state index is -0.378. The number of urea groups is 1. The van der Waals surface area contributed by atoms with Crippen LogP contribution in [0.4, 0.5) is 10.5 Å². The van der Waals surface area contributed by atoms with Crippen molar-refractivity contribution >= 4 is 40.8 Å². The van der Waals surface area contributed by atoms with E-state index in [1.807, 2.05) is 6.92 Å². The summed E-state index contributed by atoms with van der Waals surface area (Å²) in [5, 5.41) is 14.9. The number of nitrogens with two attached hydrogens (primary N) is 1. The predicted octanol–water partition coefficient (Wildman–Crippen LogP) is 2.98. The lowest BCUT2D eigenvalue weighted by atomic mass is 10.3. The van der Waals surface area contributed by atoms with Gasteiger partial charge in [0, 0.05) is 22.3 Å². The molecule has 0 saturated heterocycles. The fourth-order valence-electron chi connectivity index (χ4n) is 1.58. The summed E-state index contributed by atoms with van der Waals surface area (Å²) in [5.74, 6) is -0.0438. The van der Waals surface area contributed by atoms with E-state index in [1.165, 1.54) is 4.90 Å². The molecule has 2 amide bonds. The normalized spacial score (nSPS) is 11.2. The highest BCUT2D eigenvalue weighted by atomic mass is 35.5. The Hall–Kier alpha value is -1.66. The van der Waals surface area contributed by atoms with Crippen LogP contribution in [0.25, 0.3) is 0 Å². The number of hydrogen-bond donors (Lipinski definition) is 3. The molecule has 110 valence electrons. The maximum Gasteiger partial charge on any atom is 0.322 e. The molecule has 0 saturated carbocycles. The van der Waals surface area contributed by atoms with Crippen LogP contribution < -0.4 is 11.1 Å². The van der Waals surface area contributed by atoms with Gasteiger partial charge in [0.25, 0.3) is 0 Å². The van der Waals surface area contributed by atoms with Gasteiger partial charge in [-0.05, 0) is 24.6 Å². The van der Waals surface area contributed by atoms with Gasteiger partial charge in [0.15, 0.2) is 5.84 Å². The van der Waals surface area contributed by atoms with Gasteiger partial charge in [0.1, 0.15) is 0 Å². The average Bonchev–Trinajstić information content (AvgIpc) is 2.36. The van der Waals surface area contributed by atoms with Crippen LogP contribution in [0, 0.1) is 0 Å². The Morgan fingerprint density at radius 1 is 1.40 bits per heavy atom. The van der Waals surface area contributed by atoms with Gasteiger partial charge in [-0.1, -0.05) is 35.3 Å². The Morgan fingerprint density at radius 2 is 2.00 bits per heavy atom. The van der Waals surface area contributed by atoms with Crippen molar-refractivity contribution in [3.8, 4) is 0 Å². The van der Waals surface area contributed by atoms with Crippen molar-refractivity contribution < 1.29 is 10.0 Å². The van der Waals surface area contributed by atoms with Crippen LogP contribution in [0.1, 0.15) is 13.3 Å². The zero-order chi connectivity index (χ0) is 15.1. The molecule has 20 heavy (non-hydrogen) atoms. The number of halogens is 2. The van der Waals surface area contributed by atoms with E-state index < -0.39 is 0 Å². The first-order valence-corrected chi connectivity index (χ1v) is 6.70. The van der Waals surface area contributed by atoms with E-state index in [9.17, 15) is 4.79 Å². The molecule has 6 nitrogen and oxygen atoms in total. The average molecular weight is 319 g/mol. The van der Waals surface area contributed by atoms with Gasteiger partial charge in [-0.15, -0.1) is 0 Å². The van der Waals surface area contributed by atoms with E-state index in [0.29, 0.717) is 22.3 Å². The van der Waals surface area contributed by atoms with Crippen LogP contribution in [0.3, 0.4) is 0 Å². The fraction of sp³-hybridized carbons (Fsp3) is 0.333. The number of carbonyl (C=O) groups is 1. The van der Waals surface area contributed by atoms with Crippen LogP contribution in [0.2, 0.25) is 10.0 Å². The minimum Gasteiger partial charge on any atom is -0.409 e. The molecule has 4 N–H and O–H groups in total. The molecule has 0 heterocycles. The maximum absolute atomic E-state index is 12.1. The van der Waals surface area contributed by atoms with Gasteiger partial charge in [0.05, 0.1) is 6.54 Å². The number of carbonyl (C=O) groups excluding carboxylic acids is 1. The molecule has 0 radical (unpaired) electrons. The molecule has 0 spiro atoms. The van der Waals surface area contributed by atoms with Crippen molar-refractivity contribution in [1.82, 2.24) is 4.90 Å². The fourth-order valence-corrected chi connectivity index (χ4v) is 2.10. The number of amides is 2. The standard InChI is InChI=1S/C12H16Cl2N4O2/c1-2-3-18(7-11(15)17-20)12(19)16-10-5-8(13)4-9(14)6-10/h4-6,20H,2-3,7H2,1H3,(H2,15,17)(H,16,19). The molecule has 1 aromatic rings. The summed E-state index contributed by atoms with van der Waals surface area (Å²) in [5.41, 5.74) is 5.90. The zero-order valence-electron chi connectivity index (χ0n) is 10.9. The van der Waals surface area contributed by atoms with Crippen LogP contribution >= 0.6 is 23.2 Å². The molecule has 0 aliphatic heterocycles. The van der Waals surface area contributed by atoms with Crippen molar-refractivity contribution in [2.75, 3.05) is 18.4 Å². The van der Waals surface area contributed by atoms with Gasteiger partial charge < -0.3 is 21.2 Å². The van der Waals surface area contributed by atoms with Crippen LogP contribution in [-0.2, 0) is 0 Å². The Kier molecular flexibility index (Phi) is 6.41. The molecule has 0 unspecified atom stereocenters. The molecule has 0 fully saturated rings. The number of hydrogen-bond acceptors (Lipinski definition) is 3. The molecule has 0 bridgehead atoms. The van der Waals surface area contributed by atoms with Gasteiger partial charge in [-0.3, -0.25) is 0 Å². The third-order valence-corrected chi connectivity index (χ3v) is 2.81. The predicted molar refractivity (Wildman–Crippen MR) is 80.8 cm³/mol. The minimum absolute atomic E-state index is 0.0322. The lowest BCUT2D eigenvalue weighted by Gasteiger charge is -2.21. The van der Waals surface area contributed by atoms with E-state index in [4.69, 9.17) is 34.1 Å². The van der Waals surface area contributed by atoms with Crippen LogP contribution in [0.15, 0.2) is 23.4 Å². The molecule has 0 aliphatic rings. The summed E-state index contributed by atoms with van der Waals surface area (Å²) in [6, 6.07) is 4.36. The molecule has 1 aromatic carbocycles. The highest BCUT2D eigenvalue weighted by Gasteiger charge is 2.14. The number of anilines is 1. The second-order valence-corrected chi connectivity index (χ2v) is 4.97. The third kappa shape index (κ3) is 5.14. The molecule has 0 aliphatic carbocycles. The van der Waals surface area contributed by atoms with E-state index in [1.54, 1.807) is 18.2 Å². The first kappa shape index (κ1) is 16.4. The Balaban J connectivity index is 2.79. The lowest BCUT2D eigenvalue weighted by Crippen LogP contribution is -2.41.